The van der Waals surface area contributed by atoms with Gasteiger partial charge in [0.1, 0.15) is 11.4 Å². The maximum absolute atomic E-state index is 14.0. The lowest BCUT2D eigenvalue weighted by Gasteiger charge is -2.18. The van der Waals surface area contributed by atoms with E-state index in [0.29, 0.717) is 35.8 Å². The maximum Gasteiger partial charge on any atom is 0.261 e. The molecule has 0 saturated heterocycles. The van der Waals surface area contributed by atoms with Crippen molar-refractivity contribution in [3.05, 3.63) is 81.8 Å². The number of benzene rings is 2. The van der Waals surface area contributed by atoms with Crippen molar-refractivity contribution in [1.29, 1.82) is 0 Å². The average Bonchev–Trinajstić information content (AvgIpc) is 3.42. The summed E-state index contributed by atoms with van der Waals surface area (Å²) in [4.78, 5) is 33.7. The molecule has 3 N–H and O–H groups in total. The number of amides is 2. The van der Waals surface area contributed by atoms with Gasteiger partial charge in [0.2, 0.25) is 0 Å². The van der Waals surface area contributed by atoms with Crippen LogP contribution in [0.25, 0.3) is 0 Å². The van der Waals surface area contributed by atoms with Crippen molar-refractivity contribution in [1.82, 2.24) is 15.1 Å². The fourth-order valence-electron chi connectivity index (χ4n) is 4.53. The van der Waals surface area contributed by atoms with E-state index in [2.05, 4.69) is 20.9 Å². The second-order valence-electron chi connectivity index (χ2n) is 9.36. The van der Waals surface area contributed by atoms with E-state index in [0.717, 1.165) is 12.1 Å². The smallest absolute Gasteiger partial charge is 0.261 e. The van der Waals surface area contributed by atoms with Gasteiger partial charge in [-0.3, -0.25) is 14.6 Å². The summed E-state index contributed by atoms with van der Waals surface area (Å²) in [5.74, 6) is -6.17. The van der Waals surface area contributed by atoms with Crippen molar-refractivity contribution in [3.63, 3.8) is 0 Å². The average molecular weight is 529 g/mol. The molecule has 3 aliphatic rings. The van der Waals surface area contributed by atoms with Crippen LogP contribution in [0.15, 0.2) is 46.9 Å². The van der Waals surface area contributed by atoms with Crippen LogP contribution in [0.2, 0.25) is 0 Å². The third kappa shape index (κ3) is 4.62. The third-order valence-corrected chi connectivity index (χ3v) is 6.49. The minimum Gasteiger partial charge on any atom is -0.339 e. The van der Waals surface area contributed by atoms with Crippen LogP contribution < -0.4 is 16.0 Å². The minimum absolute atomic E-state index is 0.0682. The molecule has 8 nitrogen and oxygen atoms in total. The molecule has 0 spiro atoms. The molecule has 0 atom stereocenters. The van der Waals surface area contributed by atoms with Crippen LogP contribution in [0.3, 0.4) is 0 Å². The van der Waals surface area contributed by atoms with Crippen LogP contribution in [-0.4, -0.2) is 61.1 Å². The number of halogens is 4. The molecule has 0 bridgehead atoms. The highest BCUT2D eigenvalue weighted by molar-refractivity contribution is 6.29. The summed E-state index contributed by atoms with van der Waals surface area (Å²) < 4.78 is 55.1. The number of rotatable bonds is 6. The molecule has 198 valence electrons. The number of hydrogen-bond donors (Lipinski definition) is 3. The Kier molecular flexibility index (Phi) is 6.66. The highest BCUT2D eigenvalue weighted by atomic mass is 19.2. The van der Waals surface area contributed by atoms with Gasteiger partial charge in [0.15, 0.2) is 23.3 Å². The lowest BCUT2D eigenvalue weighted by Crippen LogP contribution is -2.32. The van der Waals surface area contributed by atoms with Gasteiger partial charge in [-0.15, -0.1) is 0 Å². The zero-order valence-electron chi connectivity index (χ0n) is 20.6. The molecular weight excluding hydrogens is 504 g/mol. The zero-order valence-corrected chi connectivity index (χ0v) is 20.6. The van der Waals surface area contributed by atoms with Crippen LogP contribution in [0.1, 0.15) is 21.5 Å². The number of carbonyl (C=O) groups excluding carboxylic acids is 2. The van der Waals surface area contributed by atoms with Gasteiger partial charge in [0, 0.05) is 49.6 Å². The summed E-state index contributed by atoms with van der Waals surface area (Å²) in [5.41, 5.74) is 2.30. The number of allylic oxidation sites excluding steroid dienone is 1. The largest absolute Gasteiger partial charge is 0.339 e. The van der Waals surface area contributed by atoms with Crippen LogP contribution >= 0.6 is 0 Å². The van der Waals surface area contributed by atoms with Gasteiger partial charge >= 0.3 is 0 Å². The second kappa shape index (κ2) is 9.93. The molecule has 38 heavy (non-hydrogen) atoms. The topological polar surface area (TPSA) is 89.1 Å². The SMILES string of the molecule is CN(C)CCN1Cc2cc3c(cc2C1=O)N/C(=C1\C(=O)NC=C\C1=N/CCc1c(F)c(F)cc(F)c1F)N3. The fourth-order valence-corrected chi connectivity index (χ4v) is 4.53. The predicted octanol–water partition coefficient (Wildman–Crippen LogP) is 3.14. The predicted molar refractivity (Wildman–Crippen MR) is 134 cm³/mol. The molecule has 2 aromatic rings. The van der Waals surface area contributed by atoms with Crippen molar-refractivity contribution < 1.29 is 27.2 Å². The van der Waals surface area contributed by atoms with E-state index < -0.39 is 41.2 Å². The molecule has 0 aromatic heterocycles. The molecule has 0 radical (unpaired) electrons. The first kappa shape index (κ1) is 25.5. The first-order valence-electron chi connectivity index (χ1n) is 11.9. The highest BCUT2D eigenvalue weighted by Crippen LogP contribution is 2.38. The Morgan fingerprint density at radius 1 is 1.00 bits per heavy atom. The fraction of sp³-hybridized carbons (Fsp3) is 0.269. The van der Waals surface area contributed by atoms with E-state index >= 15 is 0 Å². The van der Waals surface area contributed by atoms with E-state index in [9.17, 15) is 27.2 Å². The van der Waals surface area contributed by atoms with E-state index in [1.807, 2.05) is 25.1 Å². The van der Waals surface area contributed by atoms with Crippen molar-refractivity contribution in [2.24, 2.45) is 4.99 Å². The summed E-state index contributed by atoms with van der Waals surface area (Å²) in [6.45, 7) is 1.58. The van der Waals surface area contributed by atoms with Gasteiger partial charge in [-0.05, 0) is 44.3 Å². The molecular formula is C26H24F4N6O2. The second-order valence-corrected chi connectivity index (χ2v) is 9.36. The summed E-state index contributed by atoms with van der Waals surface area (Å²) in [7, 11) is 3.88. The van der Waals surface area contributed by atoms with Gasteiger partial charge < -0.3 is 25.8 Å². The van der Waals surface area contributed by atoms with Crippen LogP contribution in [-0.2, 0) is 17.8 Å². The molecule has 2 aromatic carbocycles. The quantitative estimate of drug-likeness (QED) is 0.305. The Bertz CT molecular complexity index is 1420. The van der Waals surface area contributed by atoms with Gasteiger partial charge in [-0.25, -0.2) is 17.6 Å². The summed E-state index contributed by atoms with van der Waals surface area (Å²) in [6, 6.07) is 3.74. The first-order chi connectivity index (χ1) is 18.1. The molecule has 0 fully saturated rings. The van der Waals surface area contributed by atoms with Gasteiger partial charge in [0.05, 0.1) is 17.1 Å². The summed E-state index contributed by atoms with van der Waals surface area (Å²) in [5, 5.41) is 8.83. The van der Waals surface area contributed by atoms with E-state index in [1.165, 1.54) is 12.3 Å². The number of fused-ring (bicyclic) bond motifs is 2. The maximum atomic E-state index is 14.0. The van der Waals surface area contributed by atoms with Gasteiger partial charge in [-0.1, -0.05) is 0 Å². The zero-order chi connectivity index (χ0) is 27.1. The number of nitrogens with zero attached hydrogens (tertiary/aromatic N) is 3. The van der Waals surface area contributed by atoms with Crippen molar-refractivity contribution in [3.8, 4) is 0 Å². The Morgan fingerprint density at radius 2 is 1.68 bits per heavy atom. The first-order valence-corrected chi connectivity index (χ1v) is 11.9. The Labute approximate surface area is 215 Å². The molecule has 2 amide bonds. The molecule has 3 heterocycles. The Balaban J connectivity index is 1.38. The number of carbonyl (C=O) groups is 2. The van der Waals surface area contributed by atoms with Crippen molar-refractivity contribution >= 4 is 28.9 Å². The molecule has 0 aliphatic carbocycles. The van der Waals surface area contributed by atoms with Gasteiger partial charge in [0.25, 0.3) is 11.8 Å². The lowest BCUT2D eigenvalue weighted by molar-refractivity contribution is -0.116. The van der Waals surface area contributed by atoms with Crippen LogP contribution in [0.4, 0.5) is 28.9 Å². The number of anilines is 2. The number of nitrogens with one attached hydrogen (secondary N) is 3. The molecule has 3 aliphatic heterocycles. The third-order valence-electron chi connectivity index (χ3n) is 6.49. The lowest BCUT2D eigenvalue weighted by atomic mass is 10.1. The van der Waals surface area contributed by atoms with E-state index in [-0.39, 0.29) is 29.8 Å². The monoisotopic (exact) mass is 528 g/mol. The normalized spacial score (nSPS) is 19.1. The van der Waals surface area contributed by atoms with Crippen LogP contribution in [0, 0.1) is 23.3 Å². The molecule has 0 saturated carbocycles. The van der Waals surface area contributed by atoms with Crippen LogP contribution in [0.5, 0.6) is 0 Å². The Hall–Kier alpha value is -4.19. The molecule has 5 rings (SSSR count). The van der Waals surface area contributed by atoms with Crippen molar-refractivity contribution in [2.75, 3.05) is 44.4 Å². The number of aliphatic imine (C=N–C) groups is 1. The summed E-state index contributed by atoms with van der Waals surface area (Å²) >= 11 is 0. The molecule has 12 heteroatoms. The Morgan fingerprint density at radius 3 is 2.37 bits per heavy atom. The van der Waals surface area contributed by atoms with Crippen molar-refractivity contribution in [2.45, 2.75) is 13.0 Å². The van der Waals surface area contributed by atoms with E-state index in [4.69, 9.17) is 0 Å². The van der Waals surface area contributed by atoms with E-state index in [1.54, 1.807) is 11.0 Å². The highest BCUT2D eigenvalue weighted by Gasteiger charge is 2.32. The molecule has 0 unspecified atom stereocenters. The van der Waals surface area contributed by atoms with Gasteiger partial charge in [-0.2, -0.15) is 0 Å². The standard InChI is InChI=1S/C26H24F4N6O2/c1-35(2)7-8-36-12-13-9-19-20(10-15(13)26(36)38)34-24(33-19)21-18(4-6-32-25(21)37)31-5-3-14-22(29)16(27)11-17(28)23(14)30/h4,6,9-11,33-34H,3,5,7-8,12H2,1-2H3,(H,32,37)/b24-21-,31-18+. The number of hydrogen-bond acceptors (Lipinski definition) is 6. The summed E-state index contributed by atoms with van der Waals surface area (Å²) in [6.07, 6.45) is 2.45. The minimum atomic E-state index is -1.49. The number of likely N-dealkylation sites (N-methyl/N-ethyl adjacent to an activating group) is 1.